The Hall–Kier alpha value is -3.49. The number of anilines is 1. The lowest BCUT2D eigenvalue weighted by Gasteiger charge is -2.53. The Morgan fingerprint density at radius 2 is 2.09 bits per heavy atom. The maximum Gasteiger partial charge on any atom is 0.408 e. The van der Waals surface area contributed by atoms with Crippen LogP contribution in [0.1, 0.15) is 31.5 Å². The van der Waals surface area contributed by atoms with E-state index in [4.69, 9.17) is 9.57 Å². The number of hydrogen-bond donors (Lipinski definition) is 4. The van der Waals surface area contributed by atoms with E-state index in [0.717, 1.165) is 11.3 Å². The first kappa shape index (κ1) is 32.4. The lowest BCUT2D eigenvalue weighted by molar-refractivity contribution is -0.157. The molecule has 232 valence electrons. The van der Waals surface area contributed by atoms with Gasteiger partial charge in [0.05, 0.1) is 6.54 Å². The predicted octanol–water partition coefficient (Wildman–Crippen LogP) is 1.20. The van der Waals surface area contributed by atoms with Crippen LogP contribution in [0.5, 0.6) is 0 Å². The molecule has 2 unspecified atom stereocenters. The number of nitrogens with one attached hydrogen (secondary N) is 3. The van der Waals surface area contributed by atoms with Crippen molar-refractivity contribution < 1.29 is 38.7 Å². The molecule has 0 saturated carbocycles. The molecule has 4 N–H and O–H groups in total. The zero-order valence-electron chi connectivity index (χ0n) is 23.3. The fourth-order valence-electron chi connectivity index (χ4n) is 3.94. The van der Waals surface area contributed by atoms with Crippen molar-refractivity contribution in [3.05, 3.63) is 16.1 Å². The number of thioether (sulfide) groups is 2. The molecule has 0 bridgehead atoms. The summed E-state index contributed by atoms with van der Waals surface area (Å²) >= 11 is 4.77. The number of β-lactam (4-membered cyclic amide) rings is 1. The molecule has 2 aliphatic heterocycles. The van der Waals surface area contributed by atoms with E-state index >= 15 is 0 Å². The SMILES string of the molecule is CON=C(C(=O)NC1C(=O)N2CC(CSc3nnc(CNC(=O)OC(C)(C)C)s3)(C(=O)O)CS[C@H]12)c1csc(NC=O)n1. The highest BCUT2D eigenvalue weighted by Gasteiger charge is 2.57. The number of rotatable bonds is 12. The second-order valence-electron chi connectivity index (χ2n) is 10.2. The van der Waals surface area contributed by atoms with E-state index in [2.05, 4.69) is 36.3 Å². The minimum atomic E-state index is -1.26. The molecule has 20 heteroatoms. The second-order valence-corrected chi connectivity index (χ2v) is 14.5. The number of nitrogens with zero attached hydrogens (tertiary/aromatic N) is 5. The van der Waals surface area contributed by atoms with E-state index in [1.807, 2.05) is 0 Å². The van der Waals surface area contributed by atoms with Gasteiger partial charge in [-0.05, 0) is 20.8 Å². The molecule has 4 amide bonds. The summed E-state index contributed by atoms with van der Waals surface area (Å²) in [5.41, 5.74) is -1.93. The average molecular weight is 673 g/mol. The normalized spacial score (nSPS) is 21.7. The van der Waals surface area contributed by atoms with Crippen LogP contribution in [0.2, 0.25) is 0 Å². The smallest absolute Gasteiger partial charge is 0.408 e. The molecular weight excluding hydrogens is 645 g/mol. The number of hydrogen-bond acceptors (Lipinski definition) is 15. The zero-order valence-corrected chi connectivity index (χ0v) is 26.6. The molecule has 2 aromatic heterocycles. The van der Waals surface area contributed by atoms with Gasteiger partial charge in [0.2, 0.25) is 12.3 Å². The molecule has 16 nitrogen and oxygen atoms in total. The molecule has 2 aromatic rings. The summed E-state index contributed by atoms with van der Waals surface area (Å²) in [6.45, 7) is 5.33. The number of alkyl carbamates (subject to hydrolysis) is 1. The van der Waals surface area contributed by atoms with Crippen LogP contribution < -0.4 is 16.0 Å². The van der Waals surface area contributed by atoms with E-state index in [1.54, 1.807) is 20.8 Å². The molecule has 0 spiro atoms. The number of carbonyl (C=O) groups excluding carboxylic acids is 4. The highest BCUT2D eigenvalue weighted by Crippen LogP contribution is 2.44. The van der Waals surface area contributed by atoms with Crippen LogP contribution in [0, 0.1) is 5.41 Å². The Morgan fingerprint density at radius 1 is 1.33 bits per heavy atom. The number of ether oxygens (including phenoxy) is 1. The van der Waals surface area contributed by atoms with Crippen LogP contribution in [0.3, 0.4) is 0 Å². The van der Waals surface area contributed by atoms with E-state index in [9.17, 15) is 29.1 Å². The summed E-state index contributed by atoms with van der Waals surface area (Å²) in [6.07, 6.45) is -0.138. The summed E-state index contributed by atoms with van der Waals surface area (Å²) in [5.74, 6) is -1.87. The van der Waals surface area contributed by atoms with Gasteiger partial charge in [-0.15, -0.1) is 33.3 Å². The van der Waals surface area contributed by atoms with Crippen LogP contribution in [-0.4, -0.2) is 103 Å². The fraction of sp³-hybridized carbons (Fsp3) is 0.522. The van der Waals surface area contributed by atoms with Crippen LogP contribution in [0.4, 0.5) is 9.93 Å². The highest BCUT2D eigenvalue weighted by molar-refractivity contribution is 8.01. The van der Waals surface area contributed by atoms with Gasteiger partial charge < -0.3 is 35.5 Å². The van der Waals surface area contributed by atoms with E-state index < -0.39 is 46.3 Å². The highest BCUT2D eigenvalue weighted by atomic mass is 32.2. The topological polar surface area (TPSA) is 214 Å². The summed E-state index contributed by atoms with van der Waals surface area (Å²) in [7, 11) is 1.25. The van der Waals surface area contributed by atoms with Gasteiger partial charge in [0.15, 0.2) is 15.2 Å². The molecule has 43 heavy (non-hydrogen) atoms. The van der Waals surface area contributed by atoms with E-state index in [0.29, 0.717) is 15.8 Å². The standard InChI is InChI=1S/C23H28N8O8S4/c1-22(2,3)39-20(37)24-5-12-28-29-21(43-12)42-9-23(18(35)36)7-31-16(34)14(17(31)41-8-23)27-15(33)13(30-38-4)11-6-40-19(26-11)25-10-32/h6,10,14,17H,5,7-9H2,1-4H3,(H,24,37)(H,27,33)(H,35,36)(H,25,26,32)/t14?,17-,23?/m1/s1. The molecule has 2 aliphatic rings. The Labute approximate surface area is 261 Å². The third-order valence-electron chi connectivity index (χ3n) is 5.92. The molecule has 2 saturated heterocycles. The number of thiazole rings is 1. The van der Waals surface area contributed by atoms with Crippen molar-refractivity contribution >= 4 is 87.3 Å². The van der Waals surface area contributed by atoms with Crippen LogP contribution in [-0.2, 0) is 35.3 Å². The van der Waals surface area contributed by atoms with Gasteiger partial charge >= 0.3 is 12.1 Å². The van der Waals surface area contributed by atoms with Crippen molar-refractivity contribution in [1.82, 2.24) is 30.7 Å². The Kier molecular flexibility index (Phi) is 10.1. The maximum atomic E-state index is 13.0. The number of amides is 4. The molecule has 3 atom stereocenters. The van der Waals surface area contributed by atoms with Gasteiger partial charge in [0.1, 0.15) is 40.2 Å². The summed E-state index contributed by atoms with van der Waals surface area (Å²) in [4.78, 5) is 71.3. The van der Waals surface area contributed by atoms with Crippen molar-refractivity contribution in [2.24, 2.45) is 10.6 Å². The van der Waals surface area contributed by atoms with Gasteiger partial charge in [-0.25, -0.2) is 9.78 Å². The van der Waals surface area contributed by atoms with Gasteiger partial charge in [0.25, 0.3) is 5.91 Å². The van der Waals surface area contributed by atoms with Gasteiger partial charge in [0, 0.05) is 23.4 Å². The molecule has 4 heterocycles. The molecule has 4 rings (SSSR count). The minimum Gasteiger partial charge on any atom is -0.481 e. The number of oxime groups is 1. The van der Waals surface area contributed by atoms with Crippen molar-refractivity contribution in [1.29, 1.82) is 0 Å². The molecule has 0 aromatic carbocycles. The monoisotopic (exact) mass is 672 g/mol. The molecule has 0 radical (unpaired) electrons. The maximum absolute atomic E-state index is 13.0. The first-order valence-electron chi connectivity index (χ1n) is 12.5. The van der Waals surface area contributed by atoms with Gasteiger partial charge in [-0.3, -0.25) is 19.2 Å². The fourth-order valence-corrected chi connectivity index (χ4v) is 8.29. The Morgan fingerprint density at radius 3 is 2.77 bits per heavy atom. The predicted molar refractivity (Wildman–Crippen MR) is 159 cm³/mol. The third-order valence-corrected chi connectivity index (χ3v) is 10.6. The van der Waals surface area contributed by atoms with Crippen molar-refractivity contribution in [3.63, 3.8) is 0 Å². The first-order chi connectivity index (χ1) is 20.4. The van der Waals surface area contributed by atoms with Crippen molar-refractivity contribution in [3.8, 4) is 0 Å². The average Bonchev–Trinajstić information content (AvgIpc) is 3.61. The third kappa shape index (κ3) is 7.73. The molecule has 0 aliphatic carbocycles. The van der Waals surface area contributed by atoms with Crippen LogP contribution >= 0.6 is 46.2 Å². The number of carboxylic acids is 1. The molecular formula is C23H28N8O8S4. The summed E-state index contributed by atoms with van der Waals surface area (Å²) < 4.78 is 5.72. The van der Waals surface area contributed by atoms with Gasteiger partial charge in [-0.2, -0.15) is 0 Å². The Balaban J connectivity index is 1.34. The number of aromatic nitrogens is 3. The number of fused-ring (bicyclic) bond motifs is 1. The lowest BCUT2D eigenvalue weighted by Crippen LogP contribution is -2.74. The Bertz CT molecular complexity index is 1430. The number of carbonyl (C=O) groups is 5. The van der Waals surface area contributed by atoms with Gasteiger partial charge in [-0.1, -0.05) is 28.3 Å². The summed E-state index contributed by atoms with van der Waals surface area (Å²) in [5, 5.41) is 31.4. The summed E-state index contributed by atoms with van der Waals surface area (Å²) in [6, 6.07) is -0.895. The number of aliphatic carboxylic acids is 1. The zero-order chi connectivity index (χ0) is 31.4. The largest absolute Gasteiger partial charge is 0.481 e. The van der Waals surface area contributed by atoms with Crippen molar-refractivity contribution in [2.75, 3.05) is 30.5 Å². The quantitative estimate of drug-likeness (QED) is 0.0821. The van der Waals surface area contributed by atoms with Crippen LogP contribution in [0.25, 0.3) is 0 Å². The lowest BCUT2D eigenvalue weighted by atomic mass is 9.89. The van der Waals surface area contributed by atoms with Crippen molar-refractivity contribution in [2.45, 2.75) is 48.7 Å². The van der Waals surface area contributed by atoms with Crippen LogP contribution in [0.15, 0.2) is 14.9 Å². The molecule has 2 fully saturated rings. The van der Waals surface area contributed by atoms with E-state index in [-0.39, 0.29) is 41.1 Å². The minimum absolute atomic E-state index is 0.0457. The van der Waals surface area contributed by atoms with E-state index in [1.165, 1.54) is 52.3 Å². The number of carboxylic acid groups (broad SMARTS) is 1. The first-order valence-corrected chi connectivity index (χ1v) is 16.2. The second kappa shape index (κ2) is 13.4.